The van der Waals surface area contributed by atoms with Crippen molar-refractivity contribution >= 4 is 44.9 Å². The number of benzene rings is 2. The van der Waals surface area contributed by atoms with Crippen molar-refractivity contribution in [2.75, 3.05) is 4.90 Å². The maximum absolute atomic E-state index is 12.5. The van der Waals surface area contributed by atoms with Crippen LogP contribution < -0.4 is 4.90 Å². The van der Waals surface area contributed by atoms with Crippen molar-refractivity contribution in [2.24, 2.45) is 0 Å². The standard InChI is InChI=1S/C17H9NO4S/c19-15-11-3-1-2-4-12(11)16(20)18(15)10-5-6-13-9(7-10)8-14(23-13)17(21)22/h1-8H,(H,21,22). The Balaban J connectivity index is 1.82. The molecule has 23 heavy (non-hydrogen) atoms. The molecule has 1 aliphatic rings. The van der Waals surface area contributed by atoms with Gasteiger partial charge in [-0.05, 0) is 41.8 Å². The molecule has 0 bridgehead atoms. The van der Waals surface area contributed by atoms with Gasteiger partial charge in [-0.15, -0.1) is 11.3 Å². The summed E-state index contributed by atoms with van der Waals surface area (Å²) in [5.41, 5.74) is 1.21. The van der Waals surface area contributed by atoms with Gasteiger partial charge in [-0.25, -0.2) is 9.69 Å². The zero-order valence-electron chi connectivity index (χ0n) is 11.6. The van der Waals surface area contributed by atoms with Crippen LogP contribution in [0.5, 0.6) is 0 Å². The molecule has 0 unspecified atom stereocenters. The topological polar surface area (TPSA) is 74.7 Å². The van der Waals surface area contributed by atoms with Crippen LogP contribution in [0.15, 0.2) is 48.5 Å². The predicted octanol–water partition coefficient (Wildman–Crippen LogP) is 3.40. The maximum atomic E-state index is 12.5. The molecule has 5 nitrogen and oxygen atoms in total. The normalized spacial score (nSPS) is 13.7. The minimum atomic E-state index is -0.992. The first kappa shape index (κ1) is 13.7. The molecule has 0 fully saturated rings. The van der Waals surface area contributed by atoms with Crippen LogP contribution in [-0.2, 0) is 0 Å². The summed E-state index contributed by atoms with van der Waals surface area (Å²) in [5.74, 6) is -1.72. The Morgan fingerprint density at radius 2 is 1.61 bits per heavy atom. The van der Waals surface area contributed by atoms with Crippen LogP contribution in [0.4, 0.5) is 5.69 Å². The Bertz CT molecular complexity index is 970. The molecule has 0 spiro atoms. The number of hydrogen-bond acceptors (Lipinski definition) is 4. The van der Waals surface area contributed by atoms with E-state index in [9.17, 15) is 14.4 Å². The van der Waals surface area contributed by atoms with E-state index in [1.807, 2.05) is 0 Å². The fourth-order valence-corrected chi connectivity index (χ4v) is 3.58. The van der Waals surface area contributed by atoms with Crippen LogP contribution in [0.1, 0.15) is 30.4 Å². The second kappa shape index (κ2) is 4.76. The number of carbonyl (C=O) groups is 3. The minimum absolute atomic E-state index is 0.222. The van der Waals surface area contributed by atoms with Gasteiger partial charge in [0, 0.05) is 4.70 Å². The average molecular weight is 323 g/mol. The van der Waals surface area contributed by atoms with Crippen molar-refractivity contribution in [1.29, 1.82) is 0 Å². The van der Waals surface area contributed by atoms with E-state index < -0.39 is 5.97 Å². The number of rotatable bonds is 2. The molecule has 1 aliphatic heterocycles. The lowest BCUT2D eigenvalue weighted by Gasteiger charge is -2.13. The van der Waals surface area contributed by atoms with Gasteiger partial charge in [0.1, 0.15) is 4.88 Å². The first-order chi connectivity index (χ1) is 11.1. The molecule has 0 saturated carbocycles. The summed E-state index contributed by atoms with van der Waals surface area (Å²) in [7, 11) is 0. The molecular formula is C17H9NO4S. The zero-order valence-corrected chi connectivity index (χ0v) is 12.5. The molecule has 4 rings (SSSR count). The summed E-state index contributed by atoms with van der Waals surface area (Å²) in [4.78, 5) is 37.3. The van der Waals surface area contributed by atoms with E-state index in [1.165, 1.54) is 0 Å². The van der Waals surface area contributed by atoms with Crippen LogP contribution in [-0.4, -0.2) is 22.9 Å². The summed E-state index contributed by atoms with van der Waals surface area (Å²) in [6, 6.07) is 13.3. The Hall–Kier alpha value is -2.99. The van der Waals surface area contributed by atoms with Crippen LogP contribution in [0, 0.1) is 0 Å². The van der Waals surface area contributed by atoms with E-state index in [2.05, 4.69) is 0 Å². The molecule has 2 amide bonds. The highest BCUT2D eigenvalue weighted by Gasteiger charge is 2.36. The van der Waals surface area contributed by atoms with Crippen LogP contribution >= 0.6 is 11.3 Å². The highest BCUT2D eigenvalue weighted by atomic mass is 32.1. The molecule has 0 radical (unpaired) electrons. The van der Waals surface area contributed by atoms with Crippen LogP contribution in [0.2, 0.25) is 0 Å². The predicted molar refractivity (Wildman–Crippen MR) is 86.4 cm³/mol. The smallest absolute Gasteiger partial charge is 0.345 e. The SMILES string of the molecule is O=C(O)c1cc2cc(N3C(=O)c4ccccc4C3=O)ccc2s1. The van der Waals surface area contributed by atoms with Crippen LogP contribution in [0.25, 0.3) is 10.1 Å². The number of amides is 2. The quantitative estimate of drug-likeness (QED) is 0.734. The zero-order chi connectivity index (χ0) is 16.1. The van der Waals surface area contributed by atoms with Crippen molar-refractivity contribution in [3.05, 3.63) is 64.5 Å². The molecule has 6 heteroatoms. The number of carboxylic acid groups (broad SMARTS) is 1. The van der Waals surface area contributed by atoms with Crippen molar-refractivity contribution in [2.45, 2.75) is 0 Å². The second-order valence-electron chi connectivity index (χ2n) is 5.13. The second-order valence-corrected chi connectivity index (χ2v) is 6.21. The van der Waals surface area contributed by atoms with E-state index in [1.54, 1.807) is 48.5 Å². The van der Waals surface area contributed by atoms with E-state index in [0.29, 0.717) is 22.2 Å². The Morgan fingerprint density at radius 3 is 2.22 bits per heavy atom. The molecule has 0 saturated heterocycles. The van der Waals surface area contributed by atoms with Crippen molar-refractivity contribution in [3.63, 3.8) is 0 Å². The first-order valence-corrected chi connectivity index (χ1v) is 7.62. The van der Waals surface area contributed by atoms with Crippen molar-refractivity contribution in [3.8, 4) is 0 Å². The van der Waals surface area contributed by atoms with Crippen LogP contribution in [0.3, 0.4) is 0 Å². The van der Waals surface area contributed by atoms with Gasteiger partial charge in [-0.1, -0.05) is 12.1 Å². The largest absolute Gasteiger partial charge is 0.477 e. The molecule has 112 valence electrons. The van der Waals surface area contributed by atoms with Crippen molar-refractivity contribution in [1.82, 2.24) is 0 Å². The van der Waals surface area contributed by atoms with Gasteiger partial charge in [0.05, 0.1) is 16.8 Å². The Kier molecular flexibility index (Phi) is 2.82. The summed E-state index contributed by atoms with van der Waals surface area (Å²) in [5, 5.41) is 9.76. The number of carboxylic acids is 1. The fourth-order valence-electron chi connectivity index (χ4n) is 2.70. The van der Waals surface area contributed by atoms with Gasteiger partial charge in [0.2, 0.25) is 0 Å². The third kappa shape index (κ3) is 1.96. The van der Waals surface area contributed by atoms with Crippen molar-refractivity contribution < 1.29 is 19.5 Å². The summed E-state index contributed by atoms with van der Waals surface area (Å²) < 4.78 is 0.794. The summed E-state index contributed by atoms with van der Waals surface area (Å²) in [6.07, 6.45) is 0. The number of nitrogens with zero attached hydrogens (tertiary/aromatic N) is 1. The summed E-state index contributed by atoms with van der Waals surface area (Å²) in [6.45, 7) is 0. The van der Waals surface area contributed by atoms with Gasteiger partial charge in [-0.3, -0.25) is 9.59 Å². The summed E-state index contributed by atoms with van der Waals surface area (Å²) >= 11 is 1.16. The number of aromatic carboxylic acids is 1. The number of imide groups is 1. The number of carbonyl (C=O) groups excluding carboxylic acids is 2. The van der Waals surface area contributed by atoms with Gasteiger partial charge in [0.15, 0.2) is 0 Å². The highest BCUT2D eigenvalue weighted by molar-refractivity contribution is 7.20. The molecule has 2 heterocycles. The monoisotopic (exact) mass is 323 g/mol. The van der Waals surface area contributed by atoms with E-state index >= 15 is 0 Å². The van der Waals surface area contributed by atoms with E-state index in [-0.39, 0.29) is 16.7 Å². The third-order valence-electron chi connectivity index (χ3n) is 3.76. The molecule has 0 atom stereocenters. The third-order valence-corrected chi connectivity index (χ3v) is 4.87. The number of fused-ring (bicyclic) bond motifs is 2. The lowest BCUT2D eigenvalue weighted by Crippen LogP contribution is -2.29. The van der Waals surface area contributed by atoms with Gasteiger partial charge in [0.25, 0.3) is 11.8 Å². The van der Waals surface area contributed by atoms with Gasteiger partial charge >= 0.3 is 5.97 Å². The highest BCUT2D eigenvalue weighted by Crippen LogP contribution is 2.33. The minimum Gasteiger partial charge on any atom is -0.477 e. The van der Waals surface area contributed by atoms with E-state index in [4.69, 9.17) is 5.11 Å². The molecule has 3 aromatic rings. The van der Waals surface area contributed by atoms with E-state index in [0.717, 1.165) is 20.9 Å². The number of hydrogen-bond donors (Lipinski definition) is 1. The number of anilines is 1. The lowest BCUT2D eigenvalue weighted by molar-refractivity contribution is 0.0701. The molecular weight excluding hydrogens is 314 g/mol. The molecule has 0 aliphatic carbocycles. The molecule has 1 N–H and O–H groups in total. The number of thiophene rings is 1. The Morgan fingerprint density at radius 1 is 0.957 bits per heavy atom. The van der Waals surface area contributed by atoms with Gasteiger partial charge in [-0.2, -0.15) is 0 Å². The fraction of sp³-hybridized carbons (Fsp3) is 0. The first-order valence-electron chi connectivity index (χ1n) is 6.81. The van der Waals surface area contributed by atoms with Gasteiger partial charge < -0.3 is 5.11 Å². The maximum Gasteiger partial charge on any atom is 0.345 e. The lowest BCUT2D eigenvalue weighted by atomic mass is 10.1. The Labute approximate surface area is 134 Å². The molecule has 2 aromatic carbocycles. The molecule has 1 aromatic heterocycles. The average Bonchev–Trinajstić information content (AvgIpc) is 3.08.